The van der Waals surface area contributed by atoms with Crippen LogP contribution >= 0.6 is 0 Å². The number of carboxylic acid groups (broad SMARTS) is 1. The van der Waals surface area contributed by atoms with Crippen molar-refractivity contribution in [3.8, 4) is 0 Å². The number of amides is 2. The number of hydrogen-bond acceptors (Lipinski definition) is 5. The van der Waals surface area contributed by atoms with Crippen LogP contribution in [0.2, 0.25) is 0 Å². The molecule has 1 unspecified atom stereocenters. The van der Waals surface area contributed by atoms with Gasteiger partial charge in [-0.2, -0.15) is 0 Å². The molecule has 190 valence electrons. The molecule has 0 saturated heterocycles. The standard InChI is InChI=1S/C28H28AsN3O5/c1-31(2)15-16-32(37-3)27(34)19-9-12-21(13-10-19)29-25(18-7-5-4-6-8-18)24-22-14-11-20(28(35)36)17-23(22)30-26(24)33/h4-14,17,29H,15-16H2,1-3H3,(H,30,33)(H,35,36)/b25-24+. The molecular formula is C28H28AsN3O5. The quantitative estimate of drug-likeness (QED) is 0.237. The van der Waals surface area contributed by atoms with Crippen molar-refractivity contribution in [2.75, 3.05) is 39.6 Å². The Labute approximate surface area is 222 Å². The number of fused-ring (bicyclic) bond motifs is 1. The summed E-state index contributed by atoms with van der Waals surface area (Å²) in [6, 6.07) is 21.9. The van der Waals surface area contributed by atoms with Crippen molar-refractivity contribution >= 4 is 53.5 Å². The molecule has 4 rings (SSSR count). The number of carbonyl (C=O) groups is 3. The number of hydrogen-bond donors (Lipinski definition) is 2. The topological polar surface area (TPSA) is 99.2 Å². The van der Waals surface area contributed by atoms with E-state index < -0.39 is 21.7 Å². The van der Waals surface area contributed by atoms with Gasteiger partial charge in [-0.25, -0.2) is 0 Å². The normalized spacial score (nSPS) is 14.1. The first-order chi connectivity index (χ1) is 17.8. The van der Waals surface area contributed by atoms with Crippen LogP contribution in [0.3, 0.4) is 0 Å². The van der Waals surface area contributed by atoms with Gasteiger partial charge < -0.3 is 0 Å². The van der Waals surface area contributed by atoms with E-state index in [9.17, 15) is 19.5 Å². The Hall–Kier alpha value is -3.71. The Morgan fingerprint density at radius 2 is 1.59 bits per heavy atom. The Balaban J connectivity index is 1.67. The minimum absolute atomic E-state index is 0.119. The van der Waals surface area contributed by atoms with Gasteiger partial charge in [0.25, 0.3) is 0 Å². The molecule has 0 aliphatic carbocycles. The first-order valence-corrected chi connectivity index (χ1v) is 13.7. The van der Waals surface area contributed by atoms with E-state index in [-0.39, 0.29) is 17.4 Å². The molecule has 3 aromatic carbocycles. The molecule has 1 atom stereocenters. The summed E-state index contributed by atoms with van der Waals surface area (Å²) in [7, 11) is 5.35. The second-order valence-corrected chi connectivity index (χ2v) is 11.5. The fraction of sp³-hybridized carbons (Fsp3) is 0.179. The summed E-state index contributed by atoms with van der Waals surface area (Å²) >= 11 is -1.01. The zero-order valence-electron chi connectivity index (χ0n) is 20.8. The van der Waals surface area contributed by atoms with E-state index in [0.717, 1.165) is 14.3 Å². The van der Waals surface area contributed by atoms with Crippen molar-refractivity contribution in [2.45, 2.75) is 0 Å². The third-order valence-corrected chi connectivity index (χ3v) is 8.88. The van der Waals surface area contributed by atoms with Crippen molar-refractivity contribution in [1.29, 1.82) is 0 Å². The van der Waals surface area contributed by atoms with E-state index in [1.807, 2.05) is 61.5 Å². The molecule has 0 aromatic heterocycles. The summed E-state index contributed by atoms with van der Waals surface area (Å²) in [4.78, 5) is 44.7. The van der Waals surface area contributed by atoms with Gasteiger partial charge >= 0.3 is 222 Å². The molecule has 1 aliphatic rings. The number of rotatable bonds is 9. The SMILES string of the molecule is CON(CCN(C)C)C(=O)c1ccc([AsH]/C(=C2/C(=O)Nc3cc(C(=O)O)ccc32)c2ccccc2)cc1. The van der Waals surface area contributed by atoms with Crippen molar-refractivity contribution in [1.82, 2.24) is 9.96 Å². The first-order valence-electron chi connectivity index (χ1n) is 11.6. The van der Waals surface area contributed by atoms with Crippen LogP contribution in [0, 0.1) is 0 Å². The summed E-state index contributed by atoms with van der Waals surface area (Å²) in [6.45, 7) is 1.12. The molecule has 0 fully saturated rings. The zero-order chi connectivity index (χ0) is 26.5. The van der Waals surface area contributed by atoms with Crippen LogP contribution in [-0.4, -0.2) is 82.9 Å². The number of benzene rings is 3. The maximum atomic E-state index is 13.1. The third-order valence-electron chi connectivity index (χ3n) is 5.92. The van der Waals surface area contributed by atoms with E-state index in [1.54, 1.807) is 18.2 Å². The molecule has 37 heavy (non-hydrogen) atoms. The van der Waals surface area contributed by atoms with Gasteiger partial charge in [0, 0.05) is 0 Å². The molecule has 1 heterocycles. The summed E-state index contributed by atoms with van der Waals surface area (Å²) in [6.07, 6.45) is 0. The molecule has 2 amide bonds. The minimum atomic E-state index is -1.05. The Morgan fingerprint density at radius 1 is 0.919 bits per heavy atom. The molecule has 2 N–H and O–H groups in total. The van der Waals surface area contributed by atoms with Crippen molar-refractivity contribution < 1.29 is 24.3 Å². The molecule has 0 bridgehead atoms. The molecule has 9 heteroatoms. The fourth-order valence-electron chi connectivity index (χ4n) is 3.99. The Kier molecular flexibility index (Phi) is 8.23. The summed E-state index contributed by atoms with van der Waals surface area (Å²) < 4.78 is 1.98. The van der Waals surface area contributed by atoms with Gasteiger partial charge in [-0.15, -0.1) is 0 Å². The average molecular weight is 561 g/mol. The first kappa shape index (κ1) is 26.4. The summed E-state index contributed by atoms with van der Waals surface area (Å²) in [5, 5.41) is 13.5. The number of carbonyl (C=O) groups excluding carboxylic acids is 2. The van der Waals surface area contributed by atoms with Crippen LogP contribution in [-0.2, 0) is 9.63 Å². The van der Waals surface area contributed by atoms with Gasteiger partial charge in [-0.05, 0) is 0 Å². The van der Waals surface area contributed by atoms with Crippen LogP contribution in [0.5, 0.6) is 0 Å². The van der Waals surface area contributed by atoms with Gasteiger partial charge in [0.15, 0.2) is 0 Å². The molecule has 3 aromatic rings. The monoisotopic (exact) mass is 561 g/mol. The van der Waals surface area contributed by atoms with Crippen molar-refractivity contribution in [2.24, 2.45) is 0 Å². The van der Waals surface area contributed by atoms with E-state index in [0.29, 0.717) is 35.5 Å². The van der Waals surface area contributed by atoms with Crippen LogP contribution < -0.4 is 9.67 Å². The van der Waals surface area contributed by atoms with Gasteiger partial charge in [-0.3, -0.25) is 0 Å². The van der Waals surface area contributed by atoms with E-state index in [4.69, 9.17) is 4.84 Å². The average Bonchev–Trinajstić information content (AvgIpc) is 3.22. The maximum absolute atomic E-state index is 13.1. The van der Waals surface area contributed by atoms with Crippen molar-refractivity contribution in [3.05, 3.63) is 95.1 Å². The van der Waals surface area contributed by atoms with Gasteiger partial charge in [0.2, 0.25) is 0 Å². The number of nitrogens with zero attached hydrogens (tertiary/aromatic N) is 2. The Bertz CT molecular complexity index is 1350. The number of nitrogens with one attached hydrogen (secondary N) is 1. The van der Waals surface area contributed by atoms with Crippen LogP contribution in [0.15, 0.2) is 72.8 Å². The Morgan fingerprint density at radius 3 is 2.22 bits per heavy atom. The summed E-state index contributed by atoms with van der Waals surface area (Å²) in [5.41, 5.74) is 3.34. The molecule has 0 saturated carbocycles. The fourth-order valence-corrected chi connectivity index (χ4v) is 6.73. The van der Waals surface area contributed by atoms with Crippen LogP contribution in [0.4, 0.5) is 5.69 Å². The number of carboxylic acids is 1. The second-order valence-electron chi connectivity index (χ2n) is 8.73. The number of aromatic carboxylic acids is 1. The zero-order valence-corrected chi connectivity index (χ0v) is 22.9. The number of anilines is 1. The predicted octanol–water partition coefficient (Wildman–Crippen LogP) is 2.53. The van der Waals surface area contributed by atoms with Crippen LogP contribution in [0.1, 0.15) is 31.8 Å². The number of likely N-dealkylation sites (N-methyl/N-ethyl adjacent to an activating group) is 1. The van der Waals surface area contributed by atoms with Gasteiger partial charge in [0.1, 0.15) is 0 Å². The summed E-state index contributed by atoms with van der Waals surface area (Å²) in [5.74, 6) is -1.51. The molecular weight excluding hydrogens is 533 g/mol. The second kappa shape index (κ2) is 11.6. The van der Waals surface area contributed by atoms with Crippen molar-refractivity contribution in [3.63, 3.8) is 0 Å². The van der Waals surface area contributed by atoms with Crippen LogP contribution in [0.25, 0.3) is 9.93 Å². The third kappa shape index (κ3) is 6.00. The molecule has 1 aliphatic heterocycles. The van der Waals surface area contributed by atoms with E-state index in [2.05, 4.69) is 5.32 Å². The molecule has 8 nitrogen and oxygen atoms in total. The predicted molar refractivity (Wildman–Crippen MR) is 145 cm³/mol. The van der Waals surface area contributed by atoms with Gasteiger partial charge in [0.05, 0.1) is 0 Å². The van der Waals surface area contributed by atoms with E-state index in [1.165, 1.54) is 24.3 Å². The van der Waals surface area contributed by atoms with Gasteiger partial charge in [-0.1, -0.05) is 0 Å². The van der Waals surface area contributed by atoms with E-state index >= 15 is 0 Å². The number of hydroxylamine groups is 2. The molecule has 0 radical (unpaired) electrons. The molecule has 0 spiro atoms.